The molecule has 1 amide bonds. The van der Waals surface area contributed by atoms with Gasteiger partial charge in [0, 0.05) is 12.6 Å². The molecular weight excluding hydrogens is 274 g/mol. The molecule has 0 aliphatic carbocycles. The van der Waals surface area contributed by atoms with Gasteiger partial charge in [-0.25, -0.2) is 0 Å². The molecule has 1 fully saturated rings. The van der Waals surface area contributed by atoms with Crippen LogP contribution in [0.15, 0.2) is 24.3 Å². The summed E-state index contributed by atoms with van der Waals surface area (Å²) in [6.45, 7) is 0.741. The van der Waals surface area contributed by atoms with Crippen LogP contribution in [0.1, 0.15) is 19.3 Å². The topological polar surface area (TPSA) is 76.1 Å². The van der Waals surface area contributed by atoms with E-state index in [1.165, 1.54) is 0 Å². The van der Waals surface area contributed by atoms with E-state index in [9.17, 15) is 9.59 Å². The summed E-state index contributed by atoms with van der Waals surface area (Å²) in [5, 5.41) is 8.92. The molecular formula is C15H17NO5. The van der Waals surface area contributed by atoms with Crippen molar-refractivity contribution in [1.82, 2.24) is 4.90 Å². The van der Waals surface area contributed by atoms with Crippen LogP contribution in [0, 0.1) is 0 Å². The fourth-order valence-electron chi connectivity index (χ4n) is 2.87. The largest absolute Gasteiger partial charge is 0.485 e. The van der Waals surface area contributed by atoms with Crippen molar-refractivity contribution in [2.75, 3.05) is 13.2 Å². The zero-order valence-electron chi connectivity index (χ0n) is 11.5. The lowest BCUT2D eigenvalue weighted by atomic mass is 10.1. The van der Waals surface area contributed by atoms with Crippen LogP contribution in [0.5, 0.6) is 11.5 Å². The van der Waals surface area contributed by atoms with Gasteiger partial charge < -0.3 is 19.5 Å². The summed E-state index contributed by atoms with van der Waals surface area (Å²) in [5.74, 6) is 0.111. The standard InChI is InChI=1S/C15H17NO5/c17-14(18)8-10-4-3-7-16(10)15(19)13-9-20-11-5-1-2-6-12(11)21-13/h1-2,5-6,10,13H,3-4,7-9H2,(H,17,18). The summed E-state index contributed by atoms with van der Waals surface area (Å²) >= 11 is 0. The smallest absolute Gasteiger partial charge is 0.305 e. The van der Waals surface area contributed by atoms with E-state index in [4.69, 9.17) is 14.6 Å². The van der Waals surface area contributed by atoms with Crippen molar-refractivity contribution in [2.45, 2.75) is 31.4 Å². The Morgan fingerprint density at radius 2 is 2.05 bits per heavy atom. The Kier molecular flexibility index (Phi) is 3.68. The number of nitrogens with zero attached hydrogens (tertiary/aromatic N) is 1. The monoisotopic (exact) mass is 291 g/mol. The van der Waals surface area contributed by atoms with E-state index in [1.807, 2.05) is 12.1 Å². The first-order chi connectivity index (χ1) is 10.1. The number of carboxylic acid groups (broad SMARTS) is 1. The van der Waals surface area contributed by atoms with Gasteiger partial charge in [-0.2, -0.15) is 0 Å². The van der Waals surface area contributed by atoms with E-state index in [2.05, 4.69) is 0 Å². The summed E-state index contributed by atoms with van der Waals surface area (Å²) in [7, 11) is 0. The first kappa shape index (κ1) is 13.7. The number of ether oxygens (including phenoxy) is 2. The summed E-state index contributed by atoms with van der Waals surface area (Å²) in [4.78, 5) is 25.0. The average Bonchev–Trinajstić information content (AvgIpc) is 2.93. The first-order valence-corrected chi connectivity index (χ1v) is 7.06. The maximum atomic E-state index is 12.5. The van der Waals surface area contributed by atoms with Crippen LogP contribution in [0.3, 0.4) is 0 Å². The van der Waals surface area contributed by atoms with Crippen molar-refractivity contribution in [3.63, 3.8) is 0 Å². The van der Waals surface area contributed by atoms with Gasteiger partial charge in [-0.05, 0) is 25.0 Å². The fourth-order valence-corrected chi connectivity index (χ4v) is 2.87. The number of hydrogen-bond donors (Lipinski definition) is 1. The first-order valence-electron chi connectivity index (χ1n) is 7.06. The van der Waals surface area contributed by atoms with Gasteiger partial charge in [0.1, 0.15) is 6.61 Å². The lowest BCUT2D eigenvalue weighted by Gasteiger charge is -2.31. The highest BCUT2D eigenvalue weighted by Gasteiger charge is 2.37. The number of carbonyl (C=O) groups excluding carboxylic acids is 1. The zero-order valence-corrected chi connectivity index (χ0v) is 11.5. The Labute approximate surface area is 122 Å². The number of carboxylic acids is 1. The molecule has 2 atom stereocenters. The zero-order chi connectivity index (χ0) is 14.8. The van der Waals surface area contributed by atoms with Crippen molar-refractivity contribution in [3.05, 3.63) is 24.3 Å². The minimum Gasteiger partial charge on any atom is -0.485 e. The molecule has 21 heavy (non-hydrogen) atoms. The van der Waals surface area contributed by atoms with Crippen molar-refractivity contribution >= 4 is 11.9 Å². The van der Waals surface area contributed by atoms with Crippen molar-refractivity contribution in [1.29, 1.82) is 0 Å². The second-order valence-corrected chi connectivity index (χ2v) is 5.29. The number of carbonyl (C=O) groups is 2. The molecule has 1 aromatic carbocycles. The maximum Gasteiger partial charge on any atom is 0.305 e. The molecule has 0 radical (unpaired) electrons. The Morgan fingerprint density at radius 3 is 2.81 bits per heavy atom. The number of likely N-dealkylation sites (tertiary alicyclic amines) is 1. The number of aliphatic carboxylic acids is 1. The van der Waals surface area contributed by atoms with E-state index in [0.717, 1.165) is 12.8 Å². The summed E-state index contributed by atoms with van der Waals surface area (Å²) < 4.78 is 11.2. The molecule has 0 bridgehead atoms. The van der Waals surface area contributed by atoms with E-state index in [0.29, 0.717) is 18.0 Å². The predicted octanol–water partition coefficient (Wildman–Crippen LogP) is 1.29. The maximum absolute atomic E-state index is 12.5. The molecule has 112 valence electrons. The van der Waals surface area contributed by atoms with Crippen molar-refractivity contribution in [3.8, 4) is 11.5 Å². The second kappa shape index (κ2) is 5.63. The Balaban J connectivity index is 1.70. The Hall–Kier alpha value is -2.24. The van der Waals surface area contributed by atoms with Crippen molar-refractivity contribution < 1.29 is 24.2 Å². The minimum absolute atomic E-state index is 0.0180. The van der Waals surface area contributed by atoms with Crippen LogP contribution in [-0.2, 0) is 9.59 Å². The lowest BCUT2D eigenvalue weighted by molar-refractivity contribution is -0.144. The Bertz CT molecular complexity index is 559. The van der Waals surface area contributed by atoms with Gasteiger partial charge in [-0.3, -0.25) is 9.59 Å². The van der Waals surface area contributed by atoms with E-state index in [-0.39, 0.29) is 25.0 Å². The molecule has 2 unspecified atom stereocenters. The fraction of sp³-hybridized carbons (Fsp3) is 0.467. The molecule has 0 saturated carbocycles. The third-order valence-corrected chi connectivity index (χ3v) is 3.85. The quantitative estimate of drug-likeness (QED) is 0.908. The van der Waals surface area contributed by atoms with Crippen molar-refractivity contribution in [2.24, 2.45) is 0 Å². The molecule has 6 heteroatoms. The van der Waals surface area contributed by atoms with Gasteiger partial charge in [0.05, 0.1) is 6.42 Å². The van der Waals surface area contributed by atoms with Crippen LogP contribution in [0.2, 0.25) is 0 Å². The van der Waals surface area contributed by atoms with E-state index in [1.54, 1.807) is 17.0 Å². The van der Waals surface area contributed by atoms with Gasteiger partial charge in [-0.1, -0.05) is 12.1 Å². The highest BCUT2D eigenvalue weighted by molar-refractivity contribution is 5.83. The SMILES string of the molecule is O=C(O)CC1CCCN1C(=O)C1COc2ccccc2O1. The third-order valence-electron chi connectivity index (χ3n) is 3.85. The van der Waals surface area contributed by atoms with Crippen LogP contribution in [0.4, 0.5) is 0 Å². The highest BCUT2D eigenvalue weighted by Crippen LogP contribution is 2.32. The van der Waals surface area contributed by atoms with Gasteiger partial charge in [0.25, 0.3) is 5.91 Å². The Morgan fingerprint density at radius 1 is 1.29 bits per heavy atom. The van der Waals surface area contributed by atoms with Gasteiger partial charge in [0.15, 0.2) is 11.5 Å². The minimum atomic E-state index is -0.883. The highest BCUT2D eigenvalue weighted by atomic mass is 16.6. The molecule has 1 aromatic rings. The molecule has 2 heterocycles. The molecule has 3 rings (SSSR count). The van der Waals surface area contributed by atoms with Gasteiger partial charge in [0.2, 0.25) is 6.10 Å². The van der Waals surface area contributed by atoms with Crippen LogP contribution in [0.25, 0.3) is 0 Å². The predicted molar refractivity (Wildman–Crippen MR) is 73.3 cm³/mol. The number of amides is 1. The molecule has 0 aromatic heterocycles. The van der Waals surface area contributed by atoms with Crippen LogP contribution >= 0.6 is 0 Å². The number of hydrogen-bond acceptors (Lipinski definition) is 4. The average molecular weight is 291 g/mol. The van der Waals surface area contributed by atoms with Gasteiger partial charge >= 0.3 is 5.97 Å². The number of rotatable bonds is 3. The molecule has 1 N–H and O–H groups in total. The summed E-state index contributed by atoms with van der Waals surface area (Å²) in [6, 6.07) is 6.97. The number of fused-ring (bicyclic) bond motifs is 1. The van der Waals surface area contributed by atoms with Crippen LogP contribution in [-0.4, -0.2) is 47.2 Å². The normalized spacial score (nSPS) is 23.9. The third kappa shape index (κ3) is 2.79. The number of para-hydroxylation sites is 2. The summed E-state index contributed by atoms with van der Waals surface area (Å²) in [6.07, 6.45) is 0.834. The molecule has 1 saturated heterocycles. The number of benzene rings is 1. The van der Waals surface area contributed by atoms with Crippen LogP contribution < -0.4 is 9.47 Å². The molecule has 2 aliphatic rings. The van der Waals surface area contributed by atoms with Gasteiger partial charge in [-0.15, -0.1) is 0 Å². The lowest BCUT2D eigenvalue weighted by Crippen LogP contribution is -2.48. The van der Waals surface area contributed by atoms with E-state index >= 15 is 0 Å². The molecule has 2 aliphatic heterocycles. The molecule has 6 nitrogen and oxygen atoms in total. The summed E-state index contributed by atoms with van der Waals surface area (Å²) in [5.41, 5.74) is 0. The van der Waals surface area contributed by atoms with E-state index < -0.39 is 12.1 Å². The molecule has 0 spiro atoms. The second-order valence-electron chi connectivity index (χ2n) is 5.29.